The number of unbranched alkanes of at least 4 members (excludes halogenated alkanes) is 1. The maximum Gasteiger partial charge on any atom is 0.123 e. The molecule has 2 atom stereocenters. The van der Waals surface area contributed by atoms with Crippen LogP contribution in [0.15, 0.2) is 18.2 Å². The summed E-state index contributed by atoms with van der Waals surface area (Å²) >= 11 is 0. The van der Waals surface area contributed by atoms with Gasteiger partial charge in [0.1, 0.15) is 17.7 Å². The summed E-state index contributed by atoms with van der Waals surface area (Å²) in [5.74, 6) is 0.661. The zero-order valence-corrected chi connectivity index (χ0v) is 12.6. The maximum absolute atomic E-state index is 13.3. The molecule has 20 heavy (non-hydrogen) atoms. The second kappa shape index (κ2) is 6.57. The lowest BCUT2D eigenvalue weighted by atomic mass is 9.75. The van der Waals surface area contributed by atoms with E-state index in [9.17, 15) is 4.39 Å². The van der Waals surface area contributed by atoms with Gasteiger partial charge in [0, 0.05) is 12.0 Å². The van der Waals surface area contributed by atoms with E-state index in [1.54, 1.807) is 12.1 Å². The van der Waals surface area contributed by atoms with Crippen LogP contribution in [-0.4, -0.2) is 12.6 Å². The largest absolute Gasteiger partial charge is 0.490 e. The minimum Gasteiger partial charge on any atom is -0.490 e. The van der Waals surface area contributed by atoms with Crippen molar-refractivity contribution >= 4 is 0 Å². The summed E-state index contributed by atoms with van der Waals surface area (Å²) < 4.78 is 19.2. The third-order valence-corrected chi connectivity index (χ3v) is 4.67. The Labute approximate surface area is 121 Å². The minimum atomic E-state index is -0.181. The first kappa shape index (κ1) is 15.3. The summed E-state index contributed by atoms with van der Waals surface area (Å²) in [5, 5.41) is 0. The quantitative estimate of drug-likeness (QED) is 0.816. The van der Waals surface area contributed by atoms with Gasteiger partial charge in [-0.25, -0.2) is 4.39 Å². The number of fused-ring (bicyclic) bond motifs is 1. The average molecular weight is 279 g/mol. The van der Waals surface area contributed by atoms with Crippen molar-refractivity contribution in [1.29, 1.82) is 0 Å². The van der Waals surface area contributed by atoms with Crippen molar-refractivity contribution in [1.82, 2.24) is 0 Å². The molecule has 0 fully saturated rings. The van der Waals surface area contributed by atoms with Crippen molar-refractivity contribution in [2.24, 2.45) is 11.1 Å². The third kappa shape index (κ3) is 3.32. The summed E-state index contributed by atoms with van der Waals surface area (Å²) in [4.78, 5) is 0. The second-order valence-corrected chi connectivity index (χ2v) is 6.06. The van der Waals surface area contributed by atoms with E-state index >= 15 is 0 Å². The Morgan fingerprint density at radius 2 is 2.20 bits per heavy atom. The van der Waals surface area contributed by atoms with Gasteiger partial charge in [0.05, 0.1) is 0 Å². The van der Waals surface area contributed by atoms with Gasteiger partial charge in [-0.2, -0.15) is 0 Å². The molecule has 0 spiro atoms. The standard InChI is InChI=1S/C17H26FNO/c1-3-5-8-17(4-2,12-19)11-15-10-13-9-14(18)6-7-16(13)20-15/h6-7,9,15H,3-5,8,10-12,19H2,1-2H3. The number of hydrogen-bond acceptors (Lipinski definition) is 2. The molecule has 0 aliphatic carbocycles. The molecule has 0 saturated carbocycles. The van der Waals surface area contributed by atoms with Crippen molar-refractivity contribution in [3.63, 3.8) is 0 Å². The van der Waals surface area contributed by atoms with Crippen molar-refractivity contribution in [2.75, 3.05) is 6.54 Å². The Morgan fingerprint density at radius 1 is 1.40 bits per heavy atom. The lowest BCUT2D eigenvalue weighted by molar-refractivity contribution is 0.124. The predicted molar refractivity (Wildman–Crippen MR) is 80.4 cm³/mol. The third-order valence-electron chi connectivity index (χ3n) is 4.67. The first-order chi connectivity index (χ1) is 9.62. The van der Waals surface area contributed by atoms with Crippen LogP contribution in [0.2, 0.25) is 0 Å². The fourth-order valence-electron chi connectivity index (χ4n) is 3.19. The molecule has 1 aliphatic rings. The molecule has 3 heteroatoms. The lowest BCUT2D eigenvalue weighted by Gasteiger charge is -2.33. The SMILES string of the molecule is CCCCC(CC)(CN)CC1Cc2cc(F)ccc2O1. The van der Waals surface area contributed by atoms with Crippen molar-refractivity contribution < 1.29 is 9.13 Å². The Kier molecular flexibility index (Phi) is 5.03. The van der Waals surface area contributed by atoms with Gasteiger partial charge < -0.3 is 10.5 Å². The summed E-state index contributed by atoms with van der Waals surface area (Å²) in [7, 11) is 0. The first-order valence-corrected chi connectivity index (χ1v) is 7.77. The van der Waals surface area contributed by atoms with Gasteiger partial charge >= 0.3 is 0 Å². The van der Waals surface area contributed by atoms with Crippen LogP contribution in [0.1, 0.15) is 51.5 Å². The second-order valence-electron chi connectivity index (χ2n) is 6.06. The highest BCUT2D eigenvalue weighted by Crippen LogP contribution is 2.38. The van der Waals surface area contributed by atoms with Crippen LogP contribution in [0, 0.1) is 11.2 Å². The Balaban J connectivity index is 2.03. The highest BCUT2D eigenvalue weighted by atomic mass is 19.1. The highest BCUT2D eigenvalue weighted by Gasteiger charge is 2.33. The predicted octanol–water partition coefficient (Wildman–Crippen LogP) is 4.06. The molecule has 2 N–H and O–H groups in total. The molecule has 112 valence electrons. The number of halogens is 1. The molecule has 2 unspecified atom stereocenters. The molecular weight excluding hydrogens is 253 g/mol. The molecule has 0 saturated heterocycles. The van der Waals surface area contributed by atoms with E-state index in [0.717, 1.165) is 37.0 Å². The smallest absolute Gasteiger partial charge is 0.123 e. The van der Waals surface area contributed by atoms with Crippen LogP contribution < -0.4 is 10.5 Å². The highest BCUT2D eigenvalue weighted by molar-refractivity contribution is 5.37. The number of rotatable bonds is 7. The monoisotopic (exact) mass is 279 g/mol. The van der Waals surface area contributed by atoms with E-state index in [-0.39, 0.29) is 17.3 Å². The van der Waals surface area contributed by atoms with Crippen LogP contribution in [0.5, 0.6) is 5.75 Å². The van der Waals surface area contributed by atoms with Crippen LogP contribution in [0.3, 0.4) is 0 Å². The molecule has 1 aromatic carbocycles. The normalized spacial score (nSPS) is 20.3. The summed E-state index contributed by atoms with van der Waals surface area (Å²) in [6.45, 7) is 5.12. The van der Waals surface area contributed by atoms with E-state index in [2.05, 4.69) is 13.8 Å². The fourth-order valence-corrected chi connectivity index (χ4v) is 3.19. The van der Waals surface area contributed by atoms with E-state index in [0.29, 0.717) is 6.54 Å². The topological polar surface area (TPSA) is 35.2 Å². The Bertz CT molecular complexity index is 443. The number of hydrogen-bond donors (Lipinski definition) is 1. The molecule has 2 nitrogen and oxygen atoms in total. The molecule has 1 heterocycles. The average Bonchev–Trinajstić information content (AvgIpc) is 2.84. The first-order valence-electron chi connectivity index (χ1n) is 7.77. The van der Waals surface area contributed by atoms with Crippen molar-refractivity contribution in [3.8, 4) is 5.75 Å². The van der Waals surface area contributed by atoms with Gasteiger partial charge in [-0.3, -0.25) is 0 Å². The molecule has 0 radical (unpaired) electrons. The molecule has 0 aromatic heterocycles. The van der Waals surface area contributed by atoms with Gasteiger partial charge in [0.15, 0.2) is 0 Å². The van der Waals surface area contributed by atoms with Gasteiger partial charge in [-0.1, -0.05) is 26.7 Å². The van der Waals surface area contributed by atoms with Gasteiger partial charge in [0.25, 0.3) is 0 Å². The molecule has 1 aliphatic heterocycles. The minimum absolute atomic E-state index is 0.146. The lowest BCUT2D eigenvalue weighted by Crippen LogP contribution is -2.35. The van der Waals surface area contributed by atoms with Crippen LogP contribution in [0.25, 0.3) is 0 Å². The number of ether oxygens (including phenoxy) is 1. The zero-order chi connectivity index (χ0) is 14.6. The van der Waals surface area contributed by atoms with Crippen molar-refractivity contribution in [3.05, 3.63) is 29.6 Å². The Morgan fingerprint density at radius 3 is 2.85 bits per heavy atom. The molecule has 0 bridgehead atoms. The number of benzene rings is 1. The molecule has 1 aromatic rings. The van der Waals surface area contributed by atoms with Crippen LogP contribution >= 0.6 is 0 Å². The summed E-state index contributed by atoms with van der Waals surface area (Å²) in [6, 6.07) is 4.80. The van der Waals surface area contributed by atoms with E-state index < -0.39 is 0 Å². The maximum atomic E-state index is 13.3. The van der Waals surface area contributed by atoms with E-state index in [4.69, 9.17) is 10.5 Å². The van der Waals surface area contributed by atoms with Gasteiger partial charge in [0.2, 0.25) is 0 Å². The van der Waals surface area contributed by atoms with Gasteiger partial charge in [-0.15, -0.1) is 0 Å². The zero-order valence-electron chi connectivity index (χ0n) is 12.6. The van der Waals surface area contributed by atoms with E-state index in [1.165, 1.54) is 18.9 Å². The van der Waals surface area contributed by atoms with E-state index in [1.807, 2.05) is 0 Å². The number of nitrogens with two attached hydrogens (primary N) is 1. The van der Waals surface area contributed by atoms with Crippen LogP contribution in [-0.2, 0) is 6.42 Å². The van der Waals surface area contributed by atoms with Crippen LogP contribution in [0.4, 0.5) is 4.39 Å². The molecule has 2 rings (SSSR count). The molecule has 0 amide bonds. The van der Waals surface area contributed by atoms with Crippen molar-refractivity contribution in [2.45, 2.75) is 58.5 Å². The molecular formula is C17H26FNO. The van der Waals surface area contributed by atoms with Gasteiger partial charge in [-0.05, 0) is 49.4 Å². The summed E-state index contributed by atoms with van der Waals surface area (Å²) in [6.07, 6.45) is 6.55. The Hall–Kier alpha value is -1.09. The summed E-state index contributed by atoms with van der Waals surface area (Å²) in [5.41, 5.74) is 7.21. The fraction of sp³-hybridized carbons (Fsp3) is 0.647.